The lowest BCUT2D eigenvalue weighted by Crippen LogP contribution is -2.65. The highest BCUT2D eigenvalue weighted by Crippen LogP contribution is 2.34. The Morgan fingerprint density at radius 3 is 2.31 bits per heavy atom. The number of hydrogen-bond acceptors (Lipinski definition) is 7. The molecule has 3 heterocycles. The second-order valence-electron chi connectivity index (χ2n) is 8.82. The summed E-state index contributed by atoms with van der Waals surface area (Å²) in [6.07, 6.45) is 2.06. The molecule has 3 amide bonds. The molecule has 1 saturated heterocycles. The Morgan fingerprint density at radius 2 is 1.63 bits per heavy atom. The van der Waals surface area contributed by atoms with Crippen LogP contribution in [0.4, 0.5) is 4.79 Å². The highest BCUT2D eigenvalue weighted by atomic mass is 16.5. The molecule has 2 unspecified atom stereocenters. The summed E-state index contributed by atoms with van der Waals surface area (Å²) in [6.45, 7) is 2.31. The maximum Gasteiger partial charge on any atom is 0.328 e. The van der Waals surface area contributed by atoms with Crippen molar-refractivity contribution in [3.05, 3.63) is 83.7 Å². The summed E-state index contributed by atoms with van der Waals surface area (Å²) in [5.41, 5.74) is 3.01. The van der Waals surface area contributed by atoms with Gasteiger partial charge in [-0.3, -0.25) is 14.5 Å². The van der Waals surface area contributed by atoms with Gasteiger partial charge in [-0.2, -0.15) is 0 Å². The SMILES string of the molecule is CC1=CN2C(=NC3C2C(=O)N(CC(=O)OCc2ccccc2)C(=O)N3C)N1CCc1ccccc1. The predicted octanol–water partition coefficient (Wildman–Crippen LogP) is 2.41. The van der Waals surface area contributed by atoms with E-state index in [9.17, 15) is 14.4 Å². The van der Waals surface area contributed by atoms with Crippen LogP contribution in [0.2, 0.25) is 0 Å². The molecular weight excluding hydrogens is 446 g/mol. The lowest BCUT2D eigenvalue weighted by molar-refractivity contribution is -0.151. The summed E-state index contributed by atoms with van der Waals surface area (Å²) in [5, 5.41) is 0. The zero-order chi connectivity index (χ0) is 24.5. The number of ether oxygens (including phenoxy) is 1. The zero-order valence-corrected chi connectivity index (χ0v) is 19.7. The Morgan fingerprint density at radius 1 is 0.971 bits per heavy atom. The van der Waals surface area contributed by atoms with Gasteiger partial charge in [-0.15, -0.1) is 0 Å². The molecule has 9 heteroatoms. The molecule has 0 bridgehead atoms. The molecule has 0 saturated carbocycles. The normalized spacial score (nSPS) is 21.1. The van der Waals surface area contributed by atoms with Crippen LogP contribution in [0.3, 0.4) is 0 Å². The van der Waals surface area contributed by atoms with Gasteiger partial charge in [0.2, 0.25) is 5.96 Å². The molecule has 3 aliphatic heterocycles. The van der Waals surface area contributed by atoms with Crippen molar-refractivity contribution in [1.29, 1.82) is 0 Å². The average molecular weight is 474 g/mol. The number of rotatable bonds is 7. The van der Waals surface area contributed by atoms with Gasteiger partial charge >= 0.3 is 12.0 Å². The van der Waals surface area contributed by atoms with E-state index in [2.05, 4.69) is 17.0 Å². The summed E-state index contributed by atoms with van der Waals surface area (Å²) in [4.78, 5) is 49.9. The van der Waals surface area contributed by atoms with E-state index in [4.69, 9.17) is 9.73 Å². The standard InChI is InChI=1S/C26H27N5O4/c1-18-15-30-22-23(27-25(30)29(18)14-13-19-9-5-3-6-10-19)28(2)26(34)31(24(22)33)16-21(32)35-17-20-11-7-4-8-12-20/h3-12,15,22-23H,13-14,16-17H2,1-2H3. The van der Waals surface area contributed by atoms with E-state index < -0.39 is 36.7 Å². The minimum absolute atomic E-state index is 0.0788. The number of allylic oxidation sites excluding steroid dienone is 1. The topological polar surface area (TPSA) is 85.8 Å². The lowest BCUT2D eigenvalue weighted by atomic mass is 10.1. The number of guanidine groups is 1. The fourth-order valence-corrected chi connectivity index (χ4v) is 4.62. The van der Waals surface area contributed by atoms with E-state index in [0.717, 1.165) is 22.6 Å². The van der Waals surface area contributed by atoms with Gasteiger partial charge < -0.3 is 19.4 Å². The number of imide groups is 1. The maximum absolute atomic E-state index is 13.4. The molecule has 2 aromatic rings. The molecule has 0 N–H and O–H groups in total. The third kappa shape index (κ3) is 4.25. The Balaban J connectivity index is 1.28. The second kappa shape index (κ2) is 9.25. The molecule has 0 aromatic heterocycles. The highest BCUT2D eigenvalue weighted by molar-refractivity contribution is 6.06. The first-order chi connectivity index (χ1) is 16.9. The van der Waals surface area contributed by atoms with Crippen LogP contribution in [0.15, 0.2) is 77.6 Å². The van der Waals surface area contributed by atoms with Crippen molar-refractivity contribution < 1.29 is 19.1 Å². The molecule has 1 fully saturated rings. The molecule has 0 spiro atoms. The van der Waals surface area contributed by atoms with E-state index in [1.165, 1.54) is 10.5 Å². The number of amides is 3. The van der Waals surface area contributed by atoms with Crippen molar-refractivity contribution in [3.8, 4) is 0 Å². The first-order valence-electron chi connectivity index (χ1n) is 11.6. The van der Waals surface area contributed by atoms with Crippen molar-refractivity contribution in [2.24, 2.45) is 4.99 Å². The zero-order valence-electron chi connectivity index (χ0n) is 19.7. The third-order valence-electron chi connectivity index (χ3n) is 6.50. The van der Waals surface area contributed by atoms with E-state index in [0.29, 0.717) is 12.5 Å². The van der Waals surface area contributed by atoms with Crippen LogP contribution in [0.1, 0.15) is 18.1 Å². The number of nitrogens with zero attached hydrogens (tertiary/aromatic N) is 5. The van der Waals surface area contributed by atoms with Crippen molar-refractivity contribution in [2.75, 3.05) is 20.1 Å². The summed E-state index contributed by atoms with van der Waals surface area (Å²) in [6, 6.07) is 18.1. The van der Waals surface area contributed by atoms with Crippen LogP contribution in [0, 0.1) is 0 Å². The molecule has 2 atom stereocenters. The maximum atomic E-state index is 13.4. The van der Waals surface area contributed by atoms with Gasteiger partial charge in [-0.25, -0.2) is 9.79 Å². The molecular formula is C26H27N5O4. The van der Waals surface area contributed by atoms with Gasteiger partial charge in [-0.05, 0) is 24.5 Å². The Kier molecular flexibility index (Phi) is 5.98. The van der Waals surface area contributed by atoms with E-state index in [1.54, 1.807) is 7.05 Å². The first kappa shape index (κ1) is 22.6. The average Bonchev–Trinajstić information content (AvgIpc) is 3.39. The van der Waals surface area contributed by atoms with Gasteiger partial charge in [0.25, 0.3) is 5.91 Å². The fraction of sp³-hybridized carbons (Fsp3) is 0.308. The van der Waals surface area contributed by atoms with Crippen molar-refractivity contribution in [1.82, 2.24) is 19.6 Å². The van der Waals surface area contributed by atoms with Crippen LogP contribution in [-0.2, 0) is 27.4 Å². The second-order valence-corrected chi connectivity index (χ2v) is 8.82. The molecule has 5 rings (SSSR count). The van der Waals surface area contributed by atoms with Crippen LogP contribution < -0.4 is 0 Å². The van der Waals surface area contributed by atoms with Crippen molar-refractivity contribution in [3.63, 3.8) is 0 Å². The molecule has 0 aliphatic carbocycles. The molecule has 35 heavy (non-hydrogen) atoms. The van der Waals surface area contributed by atoms with E-state index in [1.807, 2.05) is 66.6 Å². The number of carbonyl (C=O) groups excluding carboxylic acids is 3. The number of esters is 1. The first-order valence-corrected chi connectivity index (χ1v) is 11.6. The van der Waals surface area contributed by atoms with Gasteiger partial charge in [-0.1, -0.05) is 60.7 Å². The number of carbonyl (C=O) groups is 3. The smallest absolute Gasteiger partial charge is 0.328 e. The molecule has 9 nitrogen and oxygen atoms in total. The van der Waals surface area contributed by atoms with Crippen LogP contribution in [0.5, 0.6) is 0 Å². The third-order valence-corrected chi connectivity index (χ3v) is 6.50. The minimum Gasteiger partial charge on any atom is -0.459 e. The summed E-state index contributed by atoms with van der Waals surface area (Å²) < 4.78 is 5.30. The molecule has 0 radical (unpaired) electrons. The number of hydrogen-bond donors (Lipinski definition) is 0. The summed E-state index contributed by atoms with van der Waals surface area (Å²) in [5.74, 6) is -0.448. The van der Waals surface area contributed by atoms with Gasteiger partial charge in [0.05, 0.1) is 0 Å². The van der Waals surface area contributed by atoms with Crippen LogP contribution in [0.25, 0.3) is 0 Å². The van der Waals surface area contributed by atoms with E-state index >= 15 is 0 Å². The van der Waals surface area contributed by atoms with Gasteiger partial charge in [0.15, 0.2) is 12.2 Å². The number of benzene rings is 2. The largest absolute Gasteiger partial charge is 0.459 e. The lowest BCUT2D eigenvalue weighted by Gasteiger charge is -2.39. The number of fused-ring (bicyclic) bond motifs is 3. The number of aliphatic imine (C=N–C) groups is 1. The Labute approximate surface area is 203 Å². The molecule has 2 aromatic carbocycles. The van der Waals surface area contributed by atoms with E-state index in [-0.39, 0.29) is 6.61 Å². The van der Waals surface area contributed by atoms with Gasteiger partial charge in [0, 0.05) is 25.5 Å². The molecule has 3 aliphatic rings. The monoisotopic (exact) mass is 473 g/mol. The van der Waals surface area contributed by atoms with Crippen LogP contribution in [-0.4, -0.2) is 75.8 Å². The van der Waals surface area contributed by atoms with Crippen molar-refractivity contribution >= 4 is 23.9 Å². The quantitative estimate of drug-likeness (QED) is 0.574. The summed E-state index contributed by atoms with van der Waals surface area (Å²) >= 11 is 0. The van der Waals surface area contributed by atoms with Crippen LogP contribution >= 0.6 is 0 Å². The summed E-state index contributed by atoms with van der Waals surface area (Å²) in [7, 11) is 1.60. The number of urea groups is 1. The van der Waals surface area contributed by atoms with Crippen molar-refractivity contribution in [2.45, 2.75) is 32.2 Å². The highest BCUT2D eigenvalue weighted by Gasteiger charge is 2.54. The molecule has 180 valence electrons. The predicted molar refractivity (Wildman–Crippen MR) is 129 cm³/mol. The fourth-order valence-electron chi connectivity index (χ4n) is 4.62. The minimum atomic E-state index is -0.716. The number of likely N-dealkylation sites (N-methyl/N-ethyl adjacent to an activating group) is 1. The Hall–Kier alpha value is -4.14. The van der Waals surface area contributed by atoms with Gasteiger partial charge in [0.1, 0.15) is 13.2 Å². The Bertz CT molecular complexity index is 1200.